The fraction of sp³-hybridized carbons (Fsp3) is 0.400. The Hall–Kier alpha value is -3.26. The van der Waals surface area contributed by atoms with Crippen LogP contribution in [-0.4, -0.2) is 49.6 Å². The van der Waals surface area contributed by atoms with Gasteiger partial charge in [0.1, 0.15) is 5.69 Å². The van der Waals surface area contributed by atoms with E-state index in [9.17, 15) is 9.90 Å². The summed E-state index contributed by atoms with van der Waals surface area (Å²) in [7, 11) is 1.85. The van der Waals surface area contributed by atoms with Crippen molar-refractivity contribution in [2.75, 3.05) is 6.73 Å². The molecule has 5 rings (SSSR count). The number of rotatable bonds is 4. The SMILES string of the molecule is Cc1c(Cc2ccc(-c3ccn(C)n3)nc2)cc2c(c1F)OCN([C@H]1CCCC[C@@H]1O)C2=O. The monoisotopic (exact) mass is 450 g/mol. The summed E-state index contributed by atoms with van der Waals surface area (Å²) in [6.45, 7) is 1.66. The lowest BCUT2D eigenvalue weighted by Gasteiger charge is -2.40. The first-order valence-electron chi connectivity index (χ1n) is 11.3. The molecule has 8 heteroatoms. The van der Waals surface area contributed by atoms with Gasteiger partial charge in [-0.2, -0.15) is 5.10 Å². The normalized spacial score (nSPS) is 20.5. The molecule has 1 saturated carbocycles. The second-order valence-electron chi connectivity index (χ2n) is 8.92. The average molecular weight is 451 g/mol. The fourth-order valence-corrected chi connectivity index (χ4v) is 4.76. The van der Waals surface area contributed by atoms with E-state index in [1.807, 2.05) is 31.4 Å². The maximum absolute atomic E-state index is 15.2. The van der Waals surface area contributed by atoms with E-state index in [0.717, 1.165) is 36.2 Å². The molecule has 0 bridgehead atoms. The molecule has 3 heterocycles. The summed E-state index contributed by atoms with van der Waals surface area (Å²) in [5, 5.41) is 14.8. The molecule has 1 aliphatic heterocycles. The van der Waals surface area contributed by atoms with E-state index in [1.54, 1.807) is 28.8 Å². The lowest BCUT2D eigenvalue weighted by Crippen LogP contribution is -2.52. The van der Waals surface area contributed by atoms with Gasteiger partial charge in [-0.15, -0.1) is 0 Å². The molecule has 0 radical (unpaired) electrons. The molecule has 1 N–H and O–H groups in total. The largest absolute Gasteiger partial charge is 0.469 e. The molecule has 7 nitrogen and oxygen atoms in total. The van der Waals surface area contributed by atoms with Crippen LogP contribution in [0.25, 0.3) is 11.4 Å². The van der Waals surface area contributed by atoms with Crippen LogP contribution in [0.2, 0.25) is 0 Å². The van der Waals surface area contributed by atoms with Gasteiger partial charge in [-0.25, -0.2) is 4.39 Å². The van der Waals surface area contributed by atoms with E-state index in [0.29, 0.717) is 24.0 Å². The average Bonchev–Trinajstić information content (AvgIpc) is 3.25. The number of amides is 1. The summed E-state index contributed by atoms with van der Waals surface area (Å²) < 4.78 is 22.6. The molecule has 1 aromatic carbocycles. The summed E-state index contributed by atoms with van der Waals surface area (Å²) in [5.74, 6) is -0.782. The van der Waals surface area contributed by atoms with Crippen LogP contribution < -0.4 is 4.74 Å². The van der Waals surface area contributed by atoms with Crippen molar-refractivity contribution in [3.63, 3.8) is 0 Å². The van der Waals surface area contributed by atoms with Gasteiger partial charge in [0.15, 0.2) is 18.3 Å². The van der Waals surface area contributed by atoms with Crippen LogP contribution in [0.4, 0.5) is 4.39 Å². The molecular weight excluding hydrogens is 423 g/mol. The number of hydrogen-bond acceptors (Lipinski definition) is 5. The molecule has 0 saturated heterocycles. The Morgan fingerprint density at radius 2 is 2.03 bits per heavy atom. The first kappa shape index (κ1) is 21.6. The van der Waals surface area contributed by atoms with E-state index >= 15 is 4.39 Å². The van der Waals surface area contributed by atoms with Crippen molar-refractivity contribution in [2.24, 2.45) is 7.05 Å². The predicted octanol–water partition coefficient (Wildman–Crippen LogP) is 3.62. The van der Waals surface area contributed by atoms with Crippen molar-refractivity contribution in [3.05, 3.63) is 64.7 Å². The van der Waals surface area contributed by atoms with Crippen molar-refractivity contribution >= 4 is 5.91 Å². The van der Waals surface area contributed by atoms with Gasteiger partial charge in [-0.1, -0.05) is 18.9 Å². The van der Waals surface area contributed by atoms with E-state index in [1.165, 1.54) is 0 Å². The second-order valence-corrected chi connectivity index (χ2v) is 8.92. The third-order valence-corrected chi connectivity index (χ3v) is 6.70. The highest BCUT2D eigenvalue weighted by Crippen LogP contribution is 2.35. The minimum atomic E-state index is -0.577. The Kier molecular flexibility index (Phi) is 5.62. The lowest BCUT2D eigenvalue weighted by molar-refractivity contribution is -0.0134. The number of pyridine rings is 1. The number of nitrogens with zero attached hydrogens (tertiary/aromatic N) is 4. The molecule has 1 aliphatic carbocycles. The molecule has 2 atom stereocenters. The summed E-state index contributed by atoms with van der Waals surface area (Å²) in [6, 6.07) is 7.16. The van der Waals surface area contributed by atoms with Crippen molar-refractivity contribution < 1.29 is 19.0 Å². The minimum Gasteiger partial charge on any atom is -0.469 e. The fourth-order valence-electron chi connectivity index (χ4n) is 4.76. The van der Waals surface area contributed by atoms with Gasteiger partial charge in [0, 0.05) is 19.4 Å². The Labute approximate surface area is 191 Å². The standard InChI is InChI=1S/C25H27FN4O3/c1-15-17(11-16-7-8-19(27-13-16)20-9-10-29(2)28-20)12-18-24(23(15)26)33-14-30(25(18)32)21-5-3-4-6-22(21)31/h7-10,12-13,21-22,31H,3-6,11,14H2,1-2H3/t21-,22-/m0/s1. The quantitative estimate of drug-likeness (QED) is 0.657. The Morgan fingerprint density at radius 3 is 2.73 bits per heavy atom. The van der Waals surface area contributed by atoms with Gasteiger partial charge in [0.25, 0.3) is 5.91 Å². The number of carbonyl (C=O) groups excluding carboxylic acids is 1. The number of hydrogen-bond donors (Lipinski definition) is 1. The zero-order chi connectivity index (χ0) is 23.1. The Balaban J connectivity index is 1.42. The molecule has 1 amide bonds. The first-order valence-corrected chi connectivity index (χ1v) is 11.3. The second kappa shape index (κ2) is 8.59. The maximum Gasteiger partial charge on any atom is 0.260 e. The smallest absolute Gasteiger partial charge is 0.260 e. The minimum absolute atomic E-state index is 0.00595. The number of benzene rings is 1. The third-order valence-electron chi connectivity index (χ3n) is 6.70. The Morgan fingerprint density at radius 1 is 1.21 bits per heavy atom. The number of aliphatic hydroxyl groups is 1. The first-order chi connectivity index (χ1) is 15.9. The van der Waals surface area contributed by atoms with Gasteiger partial charge < -0.3 is 9.84 Å². The van der Waals surface area contributed by atoms with Crippen molar-refractivity contribution in [3.8, 4) is 17.1 Å². The van der Waals surface area contributed by atoms with Crippen LogP contribution in [0.5, 0.6) is 5.75 Å². The van der Waals surface area contributed by atoms with Gasteiger partial charge in [0.05, 0.1) is 23.4 Å². The van der Waals surface area contributed by atoms with E-state index in [2.05, 4.69) is 10.1 Å². The lowest BCUT2D eigenvalue weighted by atomic mass is 9.90. The van der Waals surface area contributed by atoms with Gasteiger partial charge in [-0.3, -0.25) is 19.4 Å². The predicted molar refractivity (Wildman–Crippen MR) is 120 cm³/mol. The third kappa shape index (κ3) is 3.99. The molecule has 2 aliphatic rings. The van der Waals surface area contributed by atoms with Gasteiger partial charge >= 0.3 is 0 Å². The number of ether oxygens (including phenoxy) is 1. The number of aliphatic hydroxyl groups excluding tert-OH is 1. The molecule has 2 aromatic heterocycles. The van der Waals surface area contributed by atoms with Crippen molar-refractivity contribution in [1.29, 1.82) is 0 Å². The highest BCUT2D eigenvalue weighted by Gasteiger charge is 2.37. The highest BCUT2D eigenvalue weighted by molar-refractivity contribution is 5.98. The number of carbonyl (C=O) groups is 1. The number of fused-ring (bicyclic) bond motifs is 1. The van der Waals surface area contributed by atoms with Crippen LogP contribution in [-0.2, 0) is 13.5 Å². The van der Waals surface area contributed by atoms with Crippen molar-refractivity contribution in [1.82, 2.24) is 19.7 Å². The number of halogens is 1. The van der Waals surface area contributed by atoms with Crippen molar-refractivity contribution in [2.45, 2.75) is 51.2 Å². The molecule has 1 fully saturated rings. The molecular formula is C25H27FN4O3. The summed E-state index contributed by atoms with van der Waals surface area (Å²) in [5.41, 5.74) is 3.84. The molecule has 0 unspecified atom stereocenters. The summed E-state index contributed by atoms with van der Waals surface area (Å²) in [6.07, 6.45) is 6.76. The van der Waals surface area contributed by atoms with Crippen LogP contribution in [0.15, 0.2) is 36.7 Å². The van der Waals surface area contributed by atoms with Crippen LogP contribution >= 0.6 is 0 Å². The summed E-state index contributed by atoms with van der Waals surface area (Å²) in [4.78, 5) is 19.3. The van der Waals surface area contributed by atoms with E-state index < -0.39 is 11.9 Å². The zero-order valence-corrected chi connectivity index (χ0v) is 18.8. The zero-order valence-electron chi connectivity index (χ0n) is 18.8. The van der Waals surface area contributed by atoms with Crippen LogP contribution in [0.3, 0.4) is 0 Å². The van der Waals surface area contributed by atoms with Crippen LogP contribution in [0, 0.1) is 12.7 Å². The molecule has 33 heavy (non-hydrogen) atoms. The molecule has 0 spiro atoms. The van der Waals surface area contributed by atoms with E-state index in [-0.39, 0.29) is 30.0 Å². The highest BCUT2D eigenvalue weighted by atomic mass is 19.1. The van der Waals surface area contributed by atoms with Crippen LogP contribution in [0.1, 0.15) is 52.7 Å². The van der Waals surface area contributed by atoms with E-state index in [4.69, 9.17) is 4.74 Å². The summed E-state index contributed by atoms with van der Waals surface area (Å²) >= 11 is 0. The molecule has 3 aromatic rings. The topological polar surface area (TPSA) is 80.5 Å². The Bertz CT molecular complexity index is 1190. The molecule has 172 valence electrons. The number of aromatic nitrogens is 3. The maximum atomic E-state index is 15.2. The van der Waals surface area contributed by atoms with Gasteiger partial charge in [0.2, 0.25) is 0 Å². The van der Waals surface area contributed by atoms with Gasteiger partial charge in [-0.05, 0) is 61.1 Å². The number of aryl methyl sites for hydroxylation is 1.